The van der Waals surface area contributed by atoms with Gasteiger partial charge in [0.15, 0.2) is 0 Å². The molecule has 2 rings (SSSR count). The van der Waals surface area contributed by atoms with Crippen molar-refractivity contribution < 1.29 is 4.42 Å². The van der Waals surface area contributed by atoms with E-state index < -0.39 is 0 Å². The van der Waals surface area contributed by atoms with Gasteiger partial charge in [0, 0.05) is 0 Å². The van der Waals surface area contributed by atoms with E-state index in [1.807, 2.05) is 6.07 Å². The number of hydrogen-bond donors (Lipinski definition) is 1. The molecular weight excluding hydrogens is 206 g/mol. The zero-order chi connectivity index (χ0) is 7.84. The van der Waals surface area contributed by atoms with Crippen molar-refractivity contribution in [3.63, 3.8) is 0 Å². The van der Waals surface area contributed by atoms with E-state index in [1.54, 1.807) is 6.26 Å². The average Bonchev–Trinajstić information content (AvgIpc) is 2.74. The first-order valence-electron chi connectivity index (χ1n) is 3.77. The van der Waals surface area contributed by atoms with Gasteiger partial charge in [0.1, 0.15) is 5.76 Å². The van der Waals surface area contributed by atoms with Gasteiger partial charge in [-0.3, -0.25) is 0 Å². The van der Waals surface area contributed by atoms with Crippen LogP contribution in [0.1, 0.15) is 24.6 Å². The molecule has 0 amide bonds. The minimum absolute atomic E-state index is 0.0966. The molecule has 0 unspecified atom stereocenters. The Kier molecular flexibility index (Phi) is 1.77. The third-order valence-corrected chi connectivity index (χ3v) is 2.73. The second-order valence-electron chi connectivity index (χ2n) is 3.00. The lowest BCUT2D eigenvalue weighted by molar-refractivity contribution is 0.440. The van der Waals surface area contributed by atoms with Gasteiger partial charge >= 0.3 is 0 Å². The molecule has 1 aromatic heterocycles. The van der Waals surface area contributed by atoms with E-state index in [9.17, 15) is 0 Å². The Morgan fingerprint density at radius 1 is 1.64 bits per heavy atom. The molecule has 0 bridgehead atoms. The highest BCUT2D eigenvalue weighted by Crippen LogP contribution is 2.41. The van der Waals surface area contributed by atoms with Crippen LogP contribution >= 0.6 is 15.9 Å². The molecule has 1 fully saturated rings. The van der Waals surface area contributed by atoms with Gasteiger partial charge in [-0.25, -0.2) is 0 Å². The first-order valence-corrected chi connectivity index (χ1v) is 4.57. The molecule has 1 aromatic rings. The summed E-state index contributed by atoms with van der Waals surface area (Å²) >= 11 is 3.39. The first kappa shape index (κ1) is 7.37. The molecule has 1 saturated carbocycles. The number of rotatable bonds is 2. The van der Waals surface area contributed by atoms with E-state index in [1.165, 1.54) is 12.8 Å². The molecule has 1 atom stereocenters. The summed E-state index contributed by atoms with van der Waals surface area (Å²) in [4.78, 5) is 0. The second kappa shape index (κ2) is 2.64. The van der Waals surface area contributed by atoms with Crippen LogP contribution in [0.2, 0.25) is 0 Å². The summed E-state index contributed by atoms with van der Waals surface area (Å²) in [6.07, 6.45) is 4.16. The van der Waals surface area contributed by atoms with Gasteiger partial charge < -0.3 is 10.2 Å². The van der Waals surface area contributed by atoms with Crippen LogP contribution in [0.15, 0.2) is 21.2 Å². The van der Waals surface area contributed by atoms with Crippen molar-refractivity contribution in [2.45, 2.75) is 18.9 Å². The molecular formula is C8H10BrNO. The molecule has 3 heteroatoms. The summed E-state index contributed by atoms with van der Waals surface area (Å²) in [5.41, 5.74) is 5.92. The van der Waals surface area contributed by atoms with E-state index in [0.717, 1.165) is 10.2 Å². The standard InChI is InChI=1S/C8H10BrNO/c9-6-3-4-11-8(6)7(10)5-1-2-5/h3-5,7H,1-2,10H2/t7-/m0/s1. The molecule has 1 aliphatic rings. The maximum atomic E-state index is 5.92. The summed E-state index contributed by atoms with van der Waals surface area (Å²) < 4.78 is 6.25. The van der Waals surface area contributed by atoms with E-state index in [4.69, 9.17) is 10.2 Å². The Bertz CT molecular complexity index is 254. The van der Waals surface area contributed by atoms with Crippen molar-refractivity contribution >= 4 is 15.9 Å². The van der Waals surface area contributed by atoms with Crippen molar-refractivity contribution in [2.75, 3.05) is 0 Å². The summed E-state index contributed by atoms with van der Waals surface area (Å²) in [6.45, 7) is 0. The zero-order valence-electron chi connectivity index (χ0n) is 6.09. The first-order chi connectivity index (χ1) is 5.29. The van der Waals surface area contributed by atoms with E-state index in [0.29, 0.717) is 5.92 Å². The molecule has 0 aromatic carbocycles. The maximum absolute atomic E-state index is 5.92. The molecule has 0 spiro atoms. The zero-order valence-corrected chi connectivity index (χ0v) is 7.67. The summed E-state index contributed by atoms with van der Waals surface area (Å²) in [5, 5.41) is 0. The Balaban J connectivity index is 2.20. The van der Waals surface area contributed by atoms with Gasteiger partial charge in [-0.05, 0) is 40.8 Å². The van der Waals surface area contributed by atoms with Crippen molar-refractivity contribution in [3.05, 3.63) is 22.6 Å². The second-order valence-corrected chi connectivity index (χ2v) is 3.85. The monoisotopic (exact) mass is 215 g/mol. The van der Waals surface area contributed by atoms with Crippen LogP contribution in [-0.4, -0.2) is 0 Å². The minimum Gasteiger partial charge on any atom is -0.466 e. The third kappa shape index (κ3) is 1.35. The normalized spacial score (nSPS) is 20.2. The van der Waals surface area contributed by atoms with Crippen molar-refractivity contribution in [1.82, 2.24) is 0 Å². The number of halogens is 1. The number of hydrogen-bond acceptors (Lipinski definition) is 2. The minimum atomic E-state index is 0.0966. The molecule has 1 aliphatic carbocycles. The Labute approximate surface area is 73.9 Å². The maximum Gasteiger partial charge on any atom is 0.134 e. The molecule has 11 heavy (non-hydrogen) atoms. The highest BCUT2D eigenvalue weighted by Gasteiger charge is 2.32. The molecule has 0 aliphatic heterocycles. The Hall–Kier alpha value is -0.280. The fourth-order valence-corrected chi connectivity index (χ4v) is 1.68. The lowest BCUT2D eigenvalue weighted by Crippen LogP contribution is -2.11. The van der Waals surface area contributed by atoms with Crippen LogP contribution in [0.3, 0.4) is 0 Å². The SMILES string of the molecule is N[C@H](c1occc1Br)C1CC1. The number of nitrogens with two attached hydrogens (primary N) is 1. The van der Waals surface area contributed by atoms with E-state index >= 15 is 0 Å². The predicted octanol–water partition coefficient (Wildman–Crippen LogP) is 2.45. The van der Waals surface area contributed by atoms with Gasteiger partial charge in [0.25, 0.3) is 0 Å². The highest BCUT2D eigenvalue weighted by molar-refractivity contribution is 9.10. The summed E-state index contributed by atoms with van der Waals surface area (Å²) in [5.74, 6) is 1.55. The van der Waals surface area contributed by atoms with Gasteiger partial charge in [0.05, 0.1) is 16.8 Å². The lowest BCUT2D eigenvalue weighted by Gasteiger charge is -2.06. The molecule has 60 valence electrons. The van der Waals surface area contributed by atoms with Gasteiger partial charge in [0.2, 0.25) is 0 Å². The third-order valence-electron chi connectivity index (χ3n) is 2.08. The quantitative estimate of drug-likeness (QED) is 0.824. The molecule has 0 saturated heterocycles. The molecule has 2 N–H and O–H groups in total. The van der Waals surface area contributed by atoms with Crippen LogP contribution in [-0.2, 0) is 0 Å². The Morgan fingerprint density at radius 3 is 2.82 bits per heavy atom. The molecule has 0 radical (unpaired) electrons. The van der Waals surface area contributed by atoms with Gasteiger partial charge in [-0.15, -0.1) is 0 Å². The lowest BCUT2D eigenvalue weighted by atomic mass is 10.1. The van der Waals surface area contributed by atoms with Crippen LogP contribution in [0, 0.1) is 5.92 Å². The van der Waals surface area contributed by atoms with E-state index in [2.05, 4.69) is 15.9 Å². The van der Waals surface area contributed by atoms with Gasteiger partial charge in [-0.2, -0.15) is 0 Å². The fraction of sp³-hybridized carbons (Fsp3) is 0.500. The van der Waals surface area contributed by atoms with Crippen molar-refractivity contribution in [1.29, 1.82) is 0 Å². The largest absolute Gasteiger partial charge is 0.466 e. The smallest absolute Gasteiger partial charge is 0.134 e. The van der Waals surface area contributed by atoms with Crippen LogP contribution in [0.25, 0.3) is 0 Å². The highest BCUT2D eigenvalue weighted by atomic mass is 79.9. The Morgan fingerprint density at radius 2 is 2.36 bits per heavy atom. The molecule has 2 nitrogen and oxygen atoms in total. The topological polar surface area (TPSA) is 39.2 Å². The van der Waals surface area contributed by atoms with Crippen LogP contribution in [0.5, 0.6) is 0 Å². The summed E-state index contributed by atoms with van der Waals surface area (Å²) in [6, 6.07) is 1.98. The fourth-order valence-electron chi connectivity index (χ4n) is 1.21. The number of furan rings is 1. The van der Waals surface area contributed by atoms with Crippen LogP contribution in [0.4, 0.5) is 0 Å². The van der Waals surface area contributed by atoms with Crippen LogP contribution < -0.4 is 5.73 Å². The van der Waals surface area contributed by atoms with Crippen molar-refractivity contribution in [3.8, 4) is 0 Å². The van der Waals surface area contributed by atoms with E-state index in [-0.39, 0.29) is 6.04 Å². The van der Waals surface area contributed by atoms with Gasteiger partial charge in [-0.1, -0.05) is 0 Å². The summed E-state index contributed by atoms with van der Waals surface area (Å²) in [7, 11) is 0. The average molecular weight is 216 g/mol. The predicted molar refractivity (Wildman–Crippen MR) is 46.1 cm³/mol. The van der Waals surface area contributed by atoms with Crippen molar-refractivity contribution in [2.24, 2.45) is 11.7 Å². The molecule has 1 heterocycles.